The van der Waals surface area contributed by atoms with Gasteiger partial charge in [-0.25, -0.2) is 0 Å². The molecule has 0 rings (SSSR count). The fourth-order valence-corrected chi connectivity index (χ4v) is 1.48. The summed E-state index contributed by atoms with van der Waals surface area (Å²) in [6.07, 6.45) is 0. The van der Waals surface area contributed by atoms with E-state index in [1.54, 1.807) is 0 Å². The molecule has 0 aliphatic rings. The minimum absolute atomic E-state index is 0.0703. The third kappa shape index (κ3) is 9.79. The summed E-state index contributed by atoms with van der Waals surface area (Å²) in [6.45, 7) is -2.25. The summed E-state index contributed by atoms with van der Waals surface area (Å²) >= 11 is 0. The summed E-state index contributed by atoms with van der Waals surface area (Å²) in [5.41, 5.74) is 0. The molecule has 0 aliphatic carbocycles. The molecule has 114 valence electrons. The molecule has 0 aromatic carbocycles. The van der Waals surface area contributed by atoms with Crippen LogP contribution in [0.5, 0.6) is 0 Å². The maximum absolute atomic E-state index is 10.6. The Balaban J connectivity index is 4.49. The van der Waals surface area contributed by atoms with E-state index in [-0.39, 0.29) is 13.1 Å². The topological polar surface area (TPSA) is 156 Å². The number of aliphatic carboxylic acids is 4. The molecule has 4 N–H and O–H groups in total. The molecular formula is C10H16N2O8. The molecular weight excluding hydrogens is 292 g/mol. The van der Waals surface area contributed by atoms with Crippen molar-refractivity contribution in [3.8, 4) is 0 Å². The van der Waals surface area contributed by atoms with Crippen molar-refractivity contribution in [3.05, 3.63) is 0 Å². The van der Waals surface area contributed by atoms with Gasteiger partial charge < -0.3 is 20.4 Å². The first-order valence-corrected chi connectivity index (χ1v) is 5.52. The molecule has 0 amide bonds. The van der Waals surface area contributed by atoms with Crippen molar-refractivity contribution >= 4 is 23.9 Å². The smallest absolute Gasteiger partial charge is 0.317 e. The predicted octanol–water partition coefficient (Wildman–Crippen LogP) is -2.07. The molecule has 0 saturated carbocycles. The molecule has 0 radical (unpaired) electrons. The van der Waals surface area contributed by atoms with E-state index in [1.165, 1.54) is 0 Å². The normalized spacial score (nSPS) is 10.7. The highest BCUT2D eigenvalue weighted by molar-refractivity contribution is 5.73. The van der Waals surface area contributed by atoms with E-state index in [4.69, 9.17) is 20.4 Å². The zero-order chi connectivity index (χ0) is 15.7. The second-order valence-corrected chi connectivity index (χ2v) is 4.00. The second-order valence-electron chi connectivity index (χ2n) is 4.00. The van der Waals surface area contributed by atoms with Gasteiger partial charge in [0.25, 0.3) is 0 Å². The lowest BCUT2D eigenvalue weighted by Gasteiger charge is -2.23. The molecule has 0 aromatic rings. The highest BCUT2D eigenvalue weighted by atomic mass is 16.7. The van der Waals surface area contributed by atoms with E-state index >= 15 is 0 Å². The maximum atomic E-state index is 10.6. The third-order valence-corrected chi connectivity index (χ3v) is 2.17. The Morgan fingerprint density at radius 1 is 0.600 bits per heavy atom. The standard InChI is InChI=1S/C10H16N2O8/c13-7(14)3-11(4-8(15)16)1-2-12(5-9(17)18)6-10(19)20/h1-6H2,(H,13,14)(H,15,16)(H,17,18)(H,19,20)/i3+2,4+2,5+2,6+2,7+2,8+2,9+2,10+2. The van der Waals surface area contributed by atoms with Gasteiger partial charge in [0.15, 0.2) is 0 Å². The van der Waals surface area contributed by atoms with Gasteiger partial charge in [-0.1, -0.05) is 0 Å². The van der Waals surface area contributed by atoms with Crippen molar-refractivity contribution in [2.75, 3.05) is 39.3 Å². The monoisotopic (exact) mass is 308 g/mol. The van der Waals surface area contributed by atoms with E-state index in [9.17, 15) is 19.2 Å². The lowest BCUT2D eigenvalue weighted by molar-refractivity contribution is -0.145. The first kappa shape index (κ1) is 17.8. The van der Waals surface area contributed by atoms with Gasteiger partial charge in [0, 0.05) is 13.1 Å². The summed E-state index contributed by atoms with van der Waals surface area (Å²) in [4.78, 5) is 44.4. The van der Waals surface area contributed by atoms with Crippen LogP contribution in [0.2, 0.25) is 0 Å². The zero-order valence-electron chi connectivity index (χ0n) is 10.6. The first-order valence-electron chi connectivity index (χ1n) is 5.52. The molecule has 0 saturated heterocycles. The van der Waals surface area contributed by atoms with Crippen molar-refractivity contribution in [2.45, 2.75) is 0 Å². The summed E-state index contributed by atoms with van der Waals surface area (Å²) < 4.78 is 0. The van der Waals surface area contributed by atoms with Crippen molar-refractivity contribution in [1.82, 2.24) is 9.80 Å². The number of carbonyl (C=O) groups is 4. The molecule has 0 bridgehead atoms. The molecule has 0 aromatic heterocycles. The molecule has 10 heteroatoms. The fourth-order valence-electron chi connectivity index (χ4n) is 1.48. The number of carboxylic acids is 4. The number of nitrogens with zero attached hydrogens (tertiary/aromatic N) is 2. The van der Waals surface area contributed by atoms with Gasteiger partial charge in [-0.15, -0.1) is 0 Å². The molecule has 0 unspecified atom stereocenters. The molecule has 0 aliphatic heterocycles. The highest BCUT2D eigenvalue weighted by Crippen LogP contribution is 1.94. The average molecular weight is 308 g/mol. The summed E-state index contributed by atoms with van der Waals surface area (Å²) in [6, 6.07) is 0. The van der Waals surface area contributed by atoms with Crippen molar-refractivity contribution in [3.63, 3.8) is 0 Å². The molecule has 0 atom stereocenters. The fraction of sp³-hybridized carbons (Fsp3) is 0.600. The second kappa shape index (κ2) is 8.82. The number of hydrogen-bond acceptors (Lipinski definition) is 6. The molecule has 10 nitrogen and oxygen atoms in total. The van der Waals surface area contributed by atoms with E-state index in [2.05, 4.69) is 0 Å². The van der Waals surface area contributed by atoms with Crippen LogP contribution in [0.15, 0.2) is 0 Å². The minimum Gasteiger partial charge on any atom is -0.480 e. The van der Waals surface area contributed by atoms with E-state index in [1.807, 2.05) is 0 Å². The van der Waals surface area contributed by atoms with Crippen LogP contribution in [-0.4, -0.2) is 93.4 Å². The van der Waals surface area contributed by atoms with Gasteiger partial charge in [-0.2, -0.15) is 0 Å². The average Bonchev–Trinajstić information content (AvgIpc) is 2.22. The third-order valence-electron chi connectivity index (χ3n) is 2.17. The highest BCUT2D eigenvalue weighted by Gasteiger charge is 2.17. The van der Waals surface area contributed by atoms with Gasteiger partial charge in [-0.05, 0) is 0 Å². The molecule has 0 fully saturated rings. The van der Waals surface area contributed by atoms with E-state index in [0.717, 1.165) is 9.80 Å². The zero-order valence-corrected chi connectivity index (χ0v) is 10.6. The molecule has 0 heterocycles. The first-order chi connectivity index (χ1) is 9.20. The van der Waals surface area contributed by atoms with Crippen molar-refractivity contribution in [1.29, 1.82) is 0 Å². The van der Waals surface area contributed by atoms with Gasteiger partial charge in [-0.3, -0.25) is 29.0 Å². The Labute approximate surface area is 113 Å². The summed E-state index contributed by atoms with van der Waals surface area (Å²) in [5.74, 6) is -4.91. The van der Waals surface area contributed by atoms with Gasteiger partial charge in [0.05, 0.1) is 26.2 Å². The van der Waals surface area contributed by atoms with Crippen LogP contribution in [0.3, 0.4) is 0 Å². The Morgan fingerprint density at radius 2 is 0.800 bits per heavy atom. The van der Waals surface area contributed by atoms with Crippen molar-refractivity contribution in [2.24, 2.45) is 0 Å². The van der Waals surface area contributed by atoms with Crippen molar-refractivity contribution < 1.29 is 39.6 Å². The van der Waals surface area contributed by atoms with Crippen LogP contribution in [-0.2, 0) is 19.2 Å². The van der Waals surface area contributed by atoms with E-state index in [0.29, 0.717) is 0 Å². The number of rotatable bonds is 11. The molecule has 20 heavy (non-hydrogen) atoms. The van der Waals surface area contributed by atoms with Gasteiger partial charge in [0.1, 0.15) is 0 Å². The van der Waals surface area contributed by atoms with Gasteiger partial charge in [0.2, 0.25) is 0 Å². The maximum Gasteiger partial charge on any atom is 0.317 e. The van der Waals surface area contributed by atoms with Crippen LogP contribution in [0.4, 0.5) is 0 Å². The van der Waals surface area contributed by atoms with Crippen LogP contribution in [0, 0.1) is 0 Å². The number of hydrogen-bond donors (Lipinski definition) is 4. The Kier molecular flexibility index (Phi) is 7.85. The summed E-state index contributed by atoms with van der Waals surface area (Å²) in [7, 11) is 0. The van der Waals surface area contributed by atoms with Crippen LogP contribution < -0.4 is 0 Å². The number of carboxylic acid groups (broad SMARTS) is 4. The van der Waals surface area contributed by atoms with Crippen LogP contribution in [0.1, 0.15) is 0 Å². The lowest BCUT2D eigenvalue weighted by Crippen LogP contribution is -2.43. The lowest BCUT2D eigenvalue weighted by atomic mass is 10.6. The van der Waals surface area contributed by atoms with Crippen LogP contribution >= 0.6 is 0 Å². The van der Waals surface area contributed by atoms with Crippen LogP contribution in [0.25, 0.3) is 0 Å². The Morgan fingerprint density at radius 3 is 0.950 bits per heavy atom. The SMILES string of the molecule is O=[14C](O)[14CH2]N(CCN([14CH2][14C](=O)O)[14CH2][14C](=O)O)[14CH2][14C](=O)O. The van der Waals surface area contributed by atoms with E-state index < -0.39 is 50.1 Å². The predicted molar refractivity (Wildman–Crippen MR) is 63.4 cm³/mol. The largest absolute Gasteiger partial charge is 0.480 e. The Hall–Kier alpha value is -2.20. The molecule has 0 spiro atoms. The minimum atomic E-state index is -1.23. The van der Waals surface area contributed by atoms with Gasteiger partial charge >= 0.3 is 23.9 Å². The summed E-state index contributed by atoms with van der Waals surface area (Å²) in [5, 5.41) is 34.5. The Bertz CT molecular complexity index is 315. The quantitative estimate of drug-likeness (QED) is 0.334.